The van der Waals surface area contributed by atoms with Crippen molar-refractivity contribution in [3.63, 3.8) is 0 Å². The number of carbonyl (C=O) groups excluding carboxylic acids is 2. The topological polar surface area (TPSA) is 89.9 Å². The number of aromatic hydroxyl groups is 2. The number of nitrogens with one attached hydrogen (secondary N) is 1. The summed E-state index contributed by atoms with van der Waals surface area (Å²) in [4.78, 5) is 25.3. The number of nitrogens with zero attached hydrogens (tertiary/aromatic N) is 1. The van der Waals surface area contributed by atoms with Crippen molar-refractivity contribution in [1.29, 1.82) is 0 Å². The zero-order valence-corrected chi connectivity index (χ0v) is 16.5. The molecule has 6 heteroatoms. The van der Waals surface area contributed by atoms with Gasteiger partial charge in [0, 0.05) is 17.7 Å². The molecular formula is C20H28N2O4. The van der Waals surface area contributed by atoms with Crippen molar-refractivity contribution in [3.05, 3.63) is 28.5 Å². The molecule has 0 saturated carbocycles. The molecule has 3 amide bonds. The van der Waals surface area contributed by atoms with E-state index in [-0.39, 0.29) is 34.6 Å². The highest BCUT2D eigenvalue weighted by Crippen LogP contribution is 2.45. The van der Waals surface area contributed by atoms with Gasteiger partial charge in [0.05, 0.1) is 0 Å². The van der Waals surface area contributed by atoms with Gasteiger partial charge in [0.2, 0.25) is 0 Å². The van der Waals surface area contributed by atoms with Gasteiger partial charge in [-0.1, -0.05) is 47.6 Å². The fourth-order valence-corrected chi connectivity index (χ4v) is 3.01. The standard InChI is InChI=1S/C20H28N2O4/c1-8-22-17(25)14(21-18(22)26)9-11-12(19(2,3)4)10-13(20(5,6)7)16(24)15(11)23/h9-10,23-24H,8H2,1-7H3,(H,21,26)/b14-9-. The molecule has 0 aromatic heterocycles. The number of hydrogen-bond acceptors (Lipinski definition) is 4. The summed E-state index contributed by atoms with van der Waals surface area (Å²) in [6, 6.07) is 1.37. The molecule has 1 aliphatic heterocycles. The Morgan fingerprint density at radius 1 is 1.00 bits per heavy atom. The first kappa shape index (κ1) is 19.8. The minimum Gasteiger partial charge on any atom is -0.504 e. The lowest BCUT2D eigenvalue weighted by Gasteiger charge is -2.28. The molecular weight excluding hydrogens is 332 g/mol. The smallest absolute Gasteiger partial charge is 0.328 e. The van der Waals surface area contributed by atoms with E-state index >= 15 is 0 Å². The Morgan fingerprint density at radius 2 is 1.54 bits per heavy atom. The minimum atomic E-state index is -0.490. The lowest BCUT2D eigenvalue weighted by atomic mass is 9.77. The zero-order chi connectivity index (χ0) is 20.0. The minimum absolute atomic E-state index is 0.0839. The molecule has 6 nitrogen and oxygen atoms in total. The van der Waals surface area contributed by atoms with Crippen LogP contribution in [0.4, 0.5) is 4.79 Å². The summed E-state index contributed by atoms with van der Waals surface area (Å²) in [6.45, 7) is 13.8. The third-order valence-corrected chi connectivity index (χ3v) is 4.50. The summed E-state index contributed by atoms with van der Waals surface area (Å²) in [5.74, 6) is -0.940. The molecule has 0 bridgehead atoms. The van der Waals surface area contributed by atoms with Crippen molar-refractivity contribution in [3.8, 4) is 11.5 Å². The van der Waals surface area contributed by atoms with E-state index in [9.17, 15) is 19.8 Å². The summed E-state index contributed by atoms with van der Waals surface area (Å²) in [7, 11) is 0. The average molecular weight is 360 g/mol. The number of phenolic OH excluding ortho intramolecular Hbond substituents is 2. The van der Waals surface area contributed by atoms with Gasteiger partial charge in [-0.3, -0.25) is 9.69 Å². The van der Waals surface area contributed by atoms with Crippen LogP contribution < -0.4 is 5.32 Å². The second-order valence-corrected chi connectivity index (χ2v) is 8.62. The Bertz CT molecular complexity index is 795. The fraction of sp³-hybridized carbons (Fsp3) is 0.500. The van der Waals surface area contributed by atoms with Gasteiger partial charge in [0.25, 0.3) is 5.91 Å². The van der Waals surface area contributed by atoms with Gasteiger partial charge < -0.3 is 15.5 Å². The van der Waals surface area contributed by atoms with Crippen LogP contribution >= 0.6 is 0 Å². The summed E-state index contributed by atoms with van der Waals surface area (Å²) >= 11 is 0. The number of imide groups is 1. The van der Waals surface area contributed by atoms with Crippen LogP contribution in [0.5, 0.6) is 11.5 Å². The molecule has 3 N–H and O–H groups in total. The highest BCUT2D eigenvalue weighted by atomic mass is 16.3. The largest absolute Gasteiger partial charge is 0.504 e. The third kappa shape index (κ3) is 3.41. The van der Waals surface area contributed by atoms with Gasteiger partial charge in [0.1, 0.15) is 5.70 Å². The van der Waals surface area contributed by atoms with E-state index in [2.05, 4.69) is 5.32 Å². The summed E-state index contributed by atoms with van der Waals surface area (Å²) < 4.78 is 0. The number of benzene rings is 1. The van der Waals surface area contributed by atoms with E-state index < -0.39 is 11.9 Å². The van der Waals surface area contributed by atoms with E-state index in [0.29, 0.717) is 11.1 Å². The van der Waals surface area contributed by atoms with E-state index in [1.807, 2.05) is 47.6 Å². The molecule has 1 heterocycles. The molecule has 1 saturated heterocycles. The SMILES string of the molecule is CCN1C(=O)N/C(=C\c2c(C(C)(C)C)cc(C(C)(C)C)c(O)c2O)C1=O. The molecule has 142 valence electrons. The van der Waals surface area contributed by atoms with Crippen molar-refractivity contribution in [2.24, 2.45) is 0 Å². The van der Waals surface area contributed by atoms with Gasteiger partial charge in [-0.25, -0.2) is 4.79 Å². The van der Waals surface area contributed by atoms with Crippen LogP contribution in [-0.2, 0) is 15.6 Å². The Hall–Kier alpha value is -2.50. The number of phenols is 2. The van der Waals surface area contributed by atoms with Crippen LogP contribution in [0, 0.1) is 0 Å². The van der Waals surface area contributed by atoms with Gasteiger partial charge in [-0.15, -0.1) is 0 Å². The summed E-state index contributed by atoms with van der Waals surface area (Å²) in [5.41, 5.74) is 1.10. The fourth-order valence-electron chi connectivity index (χ4n) is 3.01. The van der Waals surface area contributed by atoms with Crippen molar-refractivity contribution >= 4 is 18.0 Å². The second kappa shape index (κ2) is 6.34. The average Bonchev–Trinajstić information content (AvgIpc) is 2.75. The van der Waals surface area contributed by atoms with Crippen LogP contribution in [0.3, 0.4) is 0 Å². The lowest BCUT2D eigenvalue weighted by molar-refractivity contribution is -0.122. The molecule has 0 spiro atoms. The van der Waals surface area contributed by atoms with Gasteiger partial charge >= 0.3 is 6.03 Å². The summed E-state index contributed by atoms with van der Waals surface area (Å²) in [5, 5.41) is 23.8. The number of hydrogen-bond donors (Lipinski definition) is 3. The van der Waals surface area contributed by atoms with Crippen molar-refractivity contribution in [1.82, 2.24) is 10.2 Å². The van der Waals surface area contributed by atoms with E-state index in [1.54, 1.807) is 6.92 Å². The number of rotatable bonds is 2. The molecule has 1 aromatic carbocycles. The monoisotopic (exact) mass is 360 g/mol. The Kier molecular flexibility index (Phi) is 4.83. The maximum Gasteiger partial charge on any atom is 0.328 e. The highest BCUT2D eigenvalue weighted by molar-refractivity contribution is 6.14. The molecule has 0 radical (unpaired) electrons. The summed E-state index contributed by atoms with van der Waals surface area (Å²) in [6.07, 6.45) is 1.44. The van der Waals surface area contributed by atoms with Crippen molar-refractivity contribution < 1.29 is 19.8 Å². The van der Waals surface area contributed by atoms with Crippen LogP contribution in [0.15, 0.2) is 11.8 Å². The van der Waals surface area contributed by atoms with Crippen molar-refractivity contribution in [2.45, 2.75) is 59.3 Å². The molecule has 1 aliphatic rings. The molecule has 26 heavy (non-hydrogen) atoms. The highest BCUT2D eigenvalue weighted by Gasteiger charge is 2.34. The van der Waals surface area contributed by atoms with E-state index in [4.69, 9.17) is 0 Å². The normalized spacial score (nSPS) is 17.2. The van der Waals surface area contributed by atoms with Gasteiger partial charge in [-0.2, -0.15) is 0 Å². The molecule has 2 rings (SSSR count). The first-order valence-corrected chi connectivity index (χ1v) is 8.73. The van der Waals surface area contributed by atoms with Crippen LogP contribution in [0.2, 0.25) is 0 Å². The van der Waals surface area contributed by atoms with E-state index in [0.717, 1.165) is 10.5 Å². The maximum atomic E-state index is 12.4. The Balaban J connectivity index is 2.74. The number of urea groups is 1. The molecule has 1 aromatic rings. The number of carbonyl (C=O) groups is 2. The second-order valence-electron chi connectivity index (χ2n) is 8.62. The Labute approximate surface area is 154 Å². The molecule has 0 unspecified atom stereocenters. The van der Waals surface area contributed by atoms with Crippen LogP contribution in [0.1, 0.15) is 65.2 Å². The Morgan fingerprint density at radius 3 is 1.96 bits per heavy atom. The van der Waals surface area contributed by atoms with E-state index in [1.165, 1.54) is 6.08 Å². The molecule has 1 fully saturated rings. The van der Waals surface area contributed by atoms with Gasteiger partial charge in [-0.05, 0) is 29.4 Å². The predicted octanol–water partition coefficient (Wildman–Crippen LogP) is 3.61. The zero-order valence-electron chi connectivity index (χ0n) is 16.5. The maximum absolute atomic E-state index is 12.4. The lowest BCUT2D eigenvalue weighted by Crippen LogP contribution is -2.30. The molecule has 0 atom stereocenters. The number of likely N-dealkylation sites (N-methyl/N-ethyl adjacent to an activating group) is 1. The quantitative estimate of drug-likeness (QED) is 0.427. The first-order valence-electron chi connectivity index (χ1n) is 8.73. The van der Waals surface area contributed by atoms with Crippen molar-refractivity contribution in [2.75, 3.05) is 6.54 Å². The van der Waals surface area contributed by atoms with Crippen LogP contribution in [0.25, 0.3) is 6.08 Å². The number of amides is 3. The first-order chi connectivity index (χ1) is 11.8. The molecule has 0 aliphatic carbocycles. The third-order valence-electron chi connectivity index (χ3n) is 4.50. The van der Waals surface area contributed by atoms with Gasteiger partial charge in [0.15, 0.2) is 11.5 Å². The predicted molar refractivity (Wildman–Crippen MR) is 101 cm³/mol. The van der Waals surface area contributed by atoms with Crippen LogP contribution in [-0.4, -0.2) is 33.6 Å².